The molecule has 0 aliphatic heterocycles. The van der Waals surface area contributed by atoms with Crippen LogP contribution in [-0.4, -0.2) is 20.6 Å². The van der Waals surface area contributed by atoms with Gasteiger partial charge >= 0.3 is 0 Å². The lowest BCUT2D eigenvalue weighted by atomic mass is 10.1. The second-order valence-corrected chi connectivity index (χ2v) is 6.82. The first-order chi connectivity index (χ1) is 7.83. The molecule has 0 spiro atoms. The molecule has 1 rings (SSSR count). The van der Waals surface area contributed by atoms with Gasteiger partial charge in [-0.05, 0) is 36.6 Å². The summed E-state index contributed by atoms with van der Waals surface area (Å²) in [6.07, 6.45) is 0.822. The van der Waals surface area contributed by atoms with E-state index in [2.05, 4.69) is 5.32 Å². The maximum atomic E-state index is 10.8. The molecule has 0 saturated carbocycles. The topological polar surface area (TPSA) is 63.2 Å². The van der Waals surface area contributed by atoms with E-state index in [4.69, 9.17) is 22.3 Å². The molecular formula is C10H11Cl2NO3S. The van der Waals surface area contributed by atoms with Crippen LogP contribution in [0.3, 0.4) is 0 Å². The van der Waals surface area contributed by atoms with Crippen molar-refractivity contribution in [3.63, 3.8) is 0 Å². The molecule has 0 aliphatic rings. The minimum atomic E-state index is -3.51. The number of amides is 1. The van der Waals surface area contributed by atoms with Gasteiger partial charge in [0.05, 0.1) is 16.5 Å². The van der Waals surface area contributed by atoms with Gasteiger partial charge in [-0.25, -0.2) is 8.42 Å². The van der Waals surface area contributed by atoms with E-state index in [0.29, 0.717) is 23.5 Å². The summed E-state index contributed by atoms with van der Waals surface area (Å²) in [6, 6.07) is 3.32. The van der Waals surface area contributed by atoms with E-state index in [1.54, 1.807) is 12.1 Å². The number of hydrogen-bond acceptors (Lipinski definition) is 3. The molecule has 1 amide bonds. The number of rotatable bonds is 5. The number of aryl methyl sites for hydroxylation is 2. The van der Waals surface area contributed by atoms with Gasteiger partial charge in [0, 0.05) is 10.7 Å². The highest BCUT2D eigenvalue weighted by molar-refractivity contribution is 8.13. The molecule has 0 atom stereocenters. The van der Waals surface area contributed by atoms with Crippen LogP contribution in [0.25, 0.3) is 0 Å². The smallest absolute Gasteiger partial charge is 0.232 e. The van der Waals surface area contributed by atoms with Gasteiger partial charge in [-0.2, -0.15) is 0 Å². The van der Waals surface area contributed by atoms with Crippen LogP contribution in [0.15, 0.2) is 12.1 Å². The summed E-state index contributed by atoms with van der Waals surface area (Å²) < 4.78 is 21.7. The fourth-order valence-corrected chi connectivity index (χ4v) is 2.33. The molecule has 0 radical (unpaired) electrons. The Hall–Kier alpha value is -0.780. The minimum absolute atomic E-state index is 0.147. The number of benzene rings is 1. The maximum Gasteiger partial charge on any atom is 0.232 e. The lowest BCUT2D eigenvalue weighted by Gasteiger charge is -2.09. The molecule has 7 heteroatoms. The third-order valence-corrected chi connectivity index (χ3v) is 3.72. The summed E-state index contributed by atoms with van der Waals surface area (Å²) >= 11 is 5.93. The molecule has 0 heterocycles. The average molecular weight is 296 g/mol. The predicted octanol–water partition coefficient (Wildman–Crippen LogP) is 2.33. The summed E-state index contributed by atoms with van der Waals surface area (Å²) in [5.74, 6) is -0.147. The van der Waals surface area contributed by atoms with Crippen LogP contribution >= 0.6 is 22.3 Å². The first-order valence-electron chi connectivity index (χ1n) is 4.75. The number of halogens is 2. The van der Waals surface area contributed by atoms with Crippen LogP contribution in [0.1, 0.15) is 11.1 Å². The van der Waals surface area contributed by atoms with Gasteiger partial charge in [-0.3, -0.25) is 4.79 Å². The molecule has 0 aromatic heterocycles. The molecule has 1 aromatic carbocycles. The molecule has 0 unspecified atom stereocenters. The van der Waals surface area contributed by atoms with Crippen LogP contribution in [-0.2, 0) is 20.3 Å². The number of carbonyl (C=O) groups excluding carboxylic acids is 1. The van der Waals surface area contributed by atoms with Crippen molar-refractivity contribution in [1.29, 1.82) is 0 Å². The van der Waals surface area contributed by atoms with Crippen molar-refractivity contribution in [3.8, 4) is 0 Å². The van der Waals surface area contributed by atoms with Crippen molar-refractivity contribution in [2.24, 2.45) is 0 Å². The van der Waals surface area contributed by atoms with E-state index in [1.807, 2.05) is 6.92 Å². The lowest BCUT2D eigenvalue weighted by molar-refractivity contribution is -0.105. The van der Waals surface area contributed by atoms with Gasteiger partial charge in [-0.1, -0.05) is 11.6 Å². The SMILES string of the molecule is Cc1cc(NC=O)c(Cl)cc1CCS(=O)(=O)Cl. The van der Waals surface area contributed by atoms with Crippen LogP contribution in [0.5, 0.6) is 0 Å². The van der Waals surface area contributed by atoms with Gasteiger partial charge in [0.25, 0.3) is 0 Å². The Kier molecular flexibility index (Phi) is 4.80. The summed E-state index contributed by atoms with van der Waals surface area (Å²) in [4.78, 5) is 10.3. The zero-order valence-electron chi connectivity index (χ0n) is 9.04. The molecular weight excluding hydrogens is 285 g/mol. The second kappa shape index (κ2) is 5.71. The Morgan fingerprint density at radius 3 is 2.59 bits per heavy atom. The summed E-state index contributed by atoms with van der Waals surface area (Å²) in [5.41, 5.74) is 2.13. The van der Waals surface area contributed by atoms with Gasteiger partial charge < -0.3 is 5.32 Å². The second-order valence-electron chi connectivity index (χ2n) is 3.51. The van der Waals surface area contributed by atoms with Gasteiger partial charge in [0.2, 0.25) is 15.5 Å². The standard InChI is InChI=1S/C10H11Cl2NO3S/c1-7-4-10(13-6-14)9(11)5-8(7)2-3-17(12,15)16/h4-6H,2-3H2,1H3,(H,13,14). The highest BCUT2D eigenvalue weighted by Gasteiger charge is 2.10. The van der Waals surface area contributed by atoms with Crippen molar-refractivity contribution in [1.82, 2.24) is 0 Å². The first-order valence-corrected chi connectivity index (χ1v) is 7.60. The van der Waals surface area contributed by atoms with Crippen molar-refractivity contribution in [2.45, 2.75) is 13.3 Å². The van der Waals surface area contributed by atoms with Gasteiger partial charge in [0.15, 0.2) is 0 Å². The van der Waals surface area contributed by atoms with Crippen LogP contribution in [0.2, 0.25) is 5.02 Å². The van der Waals surface area contributed by atoms with E-state index in [-0.39, 0.29) is 5.75 Å². The Morgan fingerprint density at radius 2 is 2.06 bits per heavy atom. The highest BCUT2D eigenvalue weighted by atomic mass is 35.7. The Labute approximate surface area is 109 Å². The molecule has 0 fully saturated rings. The fraction of sp³-hybridized carbons (Fsp3) is 0.300. The van der Waals surface area contributed by atoms with E-state index >= 15 is 0 Å². The monoisotopic (exact) mass is 295 g/mol. The Balaban J connectivity index is 2.95. The Morgan fingerprint density at radius 1 is 1.41 bits per heavy atom. The van der Waals surface area contributed by atoms with Crippen LogP contribution < -0.4 is 5.32 Å². The van der Waals surface area contributed by atoms with E-state index in [9.17, 15) is 13.2 Å². The molecule has 0 bridgehead atoms. The number of hydrogen-bond donors (Lipinski definition) is 1. The molecule has 4 nitrogen and oxygen atoms in total. The Bertz CT molecular complexity index is 529. The summed E-state index contributed by atoms with van der Waals surface area (Å²) in [5, 5.41) is 2.82. The minimum Gasteiger partial charge on any atom is -0.327 e. The fourth-order valence-electron chi connectivity index (χ4n) is 1.40. The summed E-state index contributed by atoms with van der Waals surface area (Å²) in [7, 11) is 1.62. The first kappa shape index (κ1) is 14.3. The largest absolute Gasteiger partial charge is 0.327 e. The third-order valence-electron chi connectivity index (χ3n) is 2.26. The van der Waals surface area contributed by atoms with Crippen LogP contribution in [0.4, 0.5) is 5.69 Å². The molecule has 0 saturated heterocycles. The number of carbonyl (C=O) groups is 1. The quantitative estimate of drug-likeness (QED) is 0.670. The lowest BCUT2D eigenvalue weighted by Crippen LogP contribution is -2.04. The number of nitrogens with one attached hydrogen (secondary N) is 1. The van der Waals surface area contributed by atoms with Crippen molar-refractivity contribution in [2.75, 3.05) is 11.1 Å². The molecule has 0 aliphatic carbocycles. The van der Waals surface area contributed by atoms with Crippen molar-refractivity contribution < 1.29 is 13.2 Å². The van der Waals surface area contributed by atoms with E-state index in [1.165, 1.54) is 0 Å². The van der Waals surface area contributed by atoms with E-state index < -0.39 is 9.05 Å². The molecule has 94 valence electrons. The van der Waals surface area contributed by atoms with Gasteiger partial charge in [0.1, 0.15) is 0 Å². The normalized spacial score (nSPS) is 11.2. The van der Waals surface area contributed by atoms with Crippen molar-refractivity contribution >= 4 is 43.4 Å². The molecule has 1 aromatic rings. The van der Waals surface area contributed by atoms with Crippen molar-refractivity contribution in [3.05, 3.63) is 28.3 Å². The van der Waals surface area contributed by atoms with Crippen LogP contribution in [0, 0.1) is 6.92 Å². The van der Waals surface area contributed by atoms with Gasteiger partial charge in [-0.15, -0.1) is 0 Å². The van der Waals surface area contributed by atoms with E-state index in [0.717, 1.165) is 11.1 Å². The highest BCUT2D eigenvalue weighted by Crippen LogP contribution is 2.26. The maximum absolute atomic E-state index is 10.8. The molecule has 17 heavy (non-hydrogen) atoms. The predicted molar refractivity (Wildman–Crippen MR) is 69.2 cm³/mol. The average Bonchev–Trinajstić information content (AvgIpc) is 2.20. The number of anilines is 1. The molecule has 1 N–H and O–H groups in total. The zero-order valence-corrected chi connectivity index (χ0v) is 11.4. The third kappa shape index (κ3) is 4.53. The zero-order chi connectivity index (χ0) is 13.1. The summed E-state index contributed by atoms with van der Waals surface area (Å²) in [6.45, 7) is 1.81.